The second kappa shape index (κ2) is 5.47. The third-order valence-corrected chi connectivity index (χ3v) is 4.97. The molecule has 1 heterocycles. The largest absolute Gasteiger partial charge is 0.507 e. The van der Waals surface area contributed by atoms with Crippen LogP contribution in [0.2, 0.25) is 0 Å². The molecule has 0 spiro atoms. The van der Waals surface area contributed by atoms with E-state index in [1.165, 1.54) is 25.7 Å². The van der Waals surface area contributed by atoms with E-state index in [9.17, 15) is 9.90 Å². The molecule has 0 radical (unpaired) electrons. The normalized spacial score (nSPS) is 26.1. The van der Waals surface area contributed by atoms with Gasteiger partial charge >= 0.3 is 0 Å². The number of para-hydroxylation sites is 1. The van der Waals surface area contributed by atoms with Crippen LogP contribution in [0.25, 0.3) is 0 Å². The Morgan fingerprint density at radius 3 is 2.80 bits per heavy atom. The van der Waals surface area contributed by atoms with Gasteiger partial charge in [-0.3, -0.25) is 4.79 Å². The van der Waals surface area contributed by atoms with Crippen LogP contribution in [0, 0.1) is 12.8 Å². The van der Waals surface area contributed by atoms with E-state index in [0.717, 1.165) is 24.9 Å². The van der Waals surface area contributed by atoms with Crippen LogP contribution >= 0.6 is 0 Å². The predicted molar refractivity (Wildman–Crippen MR) is 78.9 cm³/mol. The zero-order valence-corrected chi connectivity index (χ0v) is 12.1. The monoisotopic (exact) mass is 273 g/mol. The van der Waals surface area contributed by atoms with Crippen molar-refractivity contribution in [1.29, 1.82) is 0 Å². The van der Waals surface area contributed by atoms with Crippen LogP contribution in [-0.2, 0) is 0 Å². The first-order valence-electron chi connectivity index (χ1n) is 7.78. The quantitative estimate of drug-likeness (QED) is 0.850. The van der Waals surface area contributed by atoms with E-state index in [1.54, 1.807) is 6.07 Å². The predicted octanol–water partition coefficient (Wildman–Crippen LogP) is 3.50. The minimum absolute atomic E-state index is 0.0165. The lowest BCUT2D eigenvalue weighted by Gasteiger charge is -2.44. The van der Waals surface area contributed by atoms with Gasteiger partial charge in [0.15, 0.2) is 0 Å². The van der Waals surface area contributed by atoms with E-state index in [0.29, 0.717) is 17.5 Å². The number of benzene rings is 1. The van der Waals surface area contributed by atoms with Gasteiger partial charge in [-0.25, -0.2) is 0 Å². The van der Waals surface area contributed by atoms with Gasteiger partial charge in [0.1, 0.15) is 5.75 Å². The maximum Gasteiger partial charge on any atom is 0.257 e. The Morgan fingerprint density at radius 1 is 1.20 bits per heavy atom. The highest BCUT2D eigenvalue weighted by Crippen LogP contribution is 2.36. The fraction of sp³-hybridized carbons (Fsp3) is 0.588. The van der Waals surface area contributed by atoms with Crippen molar-refractivity contribution >= 4 is 5.91 Å². The summed E-state index contributed by atoms with van der Waals surface area (Å²) in [6.07, 6.45) is 7.27. The topological polar surface area (TPSA) is 40.5 Å². The minimum atomic E-state index is 0.0165. The first kappa shape index (κ1) is 13.5. The SMILES string of the molecule is Cc1cccc(C(=O)N2CCC[C@H]3CCCC[C@H]32)c1O. The summed E-state index contributed by atoms with van der Waals surface area (Å²) >= 11 is 0. The van der Waals surface area contributed by atoms with E-state index >= 15 is 0 Å². The number of phenolic OH excluding ortho intramolecular Hbond substituents is 1. The summed E-state index contributed by atoms with van der Waals surface area (Å²) < 4.78 is 0. The van der Waals surface area contributed by atoms with Crippen LogP contribution in [0.3, 0.4) is 0 Å². The average molecular weight is 273 g/mol. The standard InChI is InChI=1S/C17H23NO2/c1-12-6-4-9-14(16(12)19)17(20)18-11-5-8-13-7-2-3-10-15(13)18/h4,6,9,13,15,19H,2-3,5,7-8,10-11H2,1H3/t13-,15-/m1/s1. The molecule has 0 aromatic heterocycles. The number of likely N-dealkylation sites (tertiary alicyclic amines) is 1. The van der Waals surface area contributed by atoms with E-state index in [1.807, 2.05) is 24.0 Å². The number of carbonyl (C=O) groups is 1. The Labute approximate surface area is 120 Å². The molecule has 1 aromatic rings. The number of fused-ring (bicyclic) bond motifs is 1. The Morgan fingerprint density at radius 2 is 1.95 bits per heavy atom. The van der Waals surface area contributed by atoms with E-state index in [-0.39, 0.29) is 11.7 Å². The summed E-state index contributed by atoms with van der Waals surface area (Å²) in [5.74, 6) is 0.839. The molecule has 3 rings (SSSR count). The van der Waals surface area contributed by atoms with Crippen molar-refractivity contribution in [2.75, 3.05) is 6.54 Å². The van der Waals surface area contributed by atoms with Gasteiger partial charge in [0.25, 0.3) is 5.91 Å². The summed E-state index contributed by atoms with van der Waals surface area (Å²) in [7, 11) is 0. The summed E-state index contributed by atoms with van der Waals surface area (Å²) in [4.78, 5) is 14.8. The average Bonchev–Trinajstić information content (AvgIpc) is 2.49. The highest BCUT2D eigenvalue weighted by Gasteiger charge is 2.36. The highest BCUT2D eigenvalue weighted by molar-refractivity contribution is 5.97. The maximum atomic E-state index is 12.8. The van der Waals surface area contributed by atoms with Crippen molar-refractivity contribution in [2.45, 2.75) is 51.5 Å². The van der Waals surface area contributed by atoms with E-state index in [4.69, 9.17) is 0 Å². The molecule has 1 saturated carbocycles. The van der Waals surface area contributed by atoms with Crippen molar-refractivity contribution in [3.05, 3.63) is 29.3 Å². The minimum Gasteiger partial charge on any atom is -0.507 e. The molecule has 1 aliphatic heterocycles. The van der Waals surface area contributed by atoms with Gasteiger partial charge in [-0.2, -0.15) is 0 Å². The molecule has 108 valence electrons. The molecule has 2 aliphatic rings. The lowest BCUT2D eigenvalue weighted by molar-refractivity contribution is 0.0388. The maximum absolute atomic E-state index is 12.8. The van der Waals surface area contributed by atoms with Gasteiger partial charge in [-0.15, -0.1) is 0 Å². The van der Waals surface area contributed by atoms with Crippen LogP contribution in [0.15, 0.2) is 18.2 Å². The Kier molecular flexibility index (Phi) is 3.68. The summed E-state index contributed by atoms with van der Waals surface area (Å²) in [5, 5.41) is 10.1. The van der Waals surface area contributed by atoms with Gasteiger partial charge in [0.05, 0.1) is 5.56 Å². The zero-order chi connectivity index (χ0) is 14.1. The summed E-state index contributed by atoms with van der Waals surface area (Å²) in [6, 6.07) is 5.83. The molecule has 1 N–H and O–H groups in total. The smallest absolute Gasteiger partial charge is 0.257 e. The number of piperidine rings is 1. The van der Waals surface area contributed by atoms with Crippen molar-refractivity contribution in [1.82, 2.24) is 4.90 Å². The molecule has 0 unspecified atom stereocenters. The first-order valence-corrected chi connectivity index (χ1v) is 7.78. The fourth-order valence-electron chi connectivity index (χ4n) is 3.86. The number of hydrogen-bond donors (Lipinski definition) is 1. The van der Waals surface area contributed by atoms with Gasteiger partial charge in [0.2, 0.25) is 0 Å². The second-order valence-electron chi connectivity index (χ2n) is 6.22. The molecule has 1 aromatic carbocycles. The second-order valence-corrected chi connectivity index (χ2v) is 6.22. The lowest BCUT2D eigenvalue weighted by Crippen LogP contribution is -2.49. The number of phenols is 1. The molecule has 3 nitrogen and oxygen atoms in total. The summed E-state index contributed by atoms with van der Waals surface area (Å²) in [6.45, 7) is 2.68. The van der Waals surface area contributed by atoms with Crippen molar-refractivity contribution in [3.63, 3.8) is 0 Å². The van der Waals surface area contributed by atoms with E-state index in [2.05, 4.69) is 0 Å². The molecule has 3 heteroatoms. The molecule has 2 fully saturated rings. The zero-order valence-electron chi connectivity index (χ0n) is 12.1. The molecular weight excluding hydrogens is 250 g/mol. The van der Waals surface area contributed by atoms with Crippen molar-refractivity contribution < 1.29 is 9.90 Å². The number of nitrogens with zero attached hydrogens (tertiary/aromatic N) is 1. The number of aromatic hydroxyl groups is 1. The molecule has 1 amide bonds. The van der Waals surface area contributed by atoms with Gasteiger partial charge in [-0.05, 0) is 50.2 Å². The summed E-state index contributed by atoms with van der Waals surface area (Å²) in [5.41, 5.74) is 1.24. The van der Waals surface area contributed by atoms with Gasteiger partial charge in [-0.1, -0.05) is 25.0 Å². The molecule has 0 bridgehead atoms. The molecule has 2 atom stereocenters. The highest BCUT2D eigenvalue weighted by atomic mass is 16.3. The Balaban J connectivity index is 1.87. The van der Waals surface area contributed by atoms with Crippen LogP contribution in [0.4, 0.5) is 0 Å². The fourth-order valence-corrected chi connectivity index (χ4v) is 3.86. The van der Waals surface area contributed by atoms with Gasteiger partial charge < -0.3 is 10.0 Å². The molecule has 20 heavy (non-hydrogen) atoms. The van der Waals surface area contributed by atoms with E-state index < -0.39 is 0 Å². The Bertz CT molecular complexity index is 510. The van der Waals surface area contributed by atoms with Crippen molar-refractivity contribution in [2.24, 2.45) is 5.92 Å². The Hall–Kier alpha value is -1.51. The number of aryl methyl sites for hydroxylation is 1. The third kappa shape index (κ3) is 2.30. The number of hydrogen-bond acceptors (Lipinski definition) is 2. The third-order valence-electron chi connectivity index (χ3n) is 4.97. The van der Waals surface area contributed by atoms with Crippen LogP contribution < -0.4 is 0 Å². The molecule has 1 aliphatic carbocycles. The van der Waals surface area contributed by atoms with Crippen LogP contribution in [0.1, 0.15) is 54.4 Å². The number of carbonyl (C=O) groups excluding carboxylic acids is 1. The number of amides is 1. The number of rotatable bonds is 1. The molecule has 1 saturated heterocycles. The van der Waals surface area contributed by atoms with Crippen molar-refractivity contribution in [3.8, 4) is 5.75 Å². The molecular formula is C17H23NO2. The van der Waals surface area contributed by atoms with Crippen LogP contribution in [0.5, 0.6) is 5.75 Å². The first-order chi connectivity index (χ1) is 9.68. The lowest BCUT2D eigenvalue weighted by atomic mass is 9.78. The van der Waals surface area contributed by atoms with Gasteiger partial charge in [0, 0.05) is 12.6 Å². The van der Waals surface area contributed by atoms with Crippen LogP contribution in [-0.4, -0.2) is 28.5 Å².